The first kappa shape index (κ1) is 27.6. The standard InChI is InChI=1S/C34H34FN5O2/c1-37-16-18-39(19-17-37)33-28(24-27-4-2-3-5-31(27)36-33)10-15-32(41)25-8-13-30(14-9-25)38-20-22-40(23-21-38)34(42)26-6-11-29(35)12-7-26/h2-15,24H,16-23H2,1H3/b15-10+. The molecule has 0 unspecified atom stereocenters. The molecule has 3 heterocycles. The summed E-state index contributed by atoms with van der Waals surface area (Å²) in [5, 5.41) is 1.05. The normalized spacial score (nSPS) is 16.4. The van der Waals surface area contributed by atoms with E-state index in [1.165, 1.54) is 24.3 Å². The number of amides is 1. The molecule has 0 atom stereocenters. The number of hydrogen-bond acceptors (Lipinski definition) is 6. The van der Waals surface area contributed by atoms with Gasteiger partial charge in [0.25, 0.3) is 5.91 Å². The summed E-state index contributed by atoms with van der Waals surface area (Å²) in [6.45, 7) is 6.27. The average Bonchev–Trinajstić information content (AvgIpc) is 3.04. The van der Waals surface area contributed by atoms with Gasteiger partial charge in [-0.15, -0.1) is 0 Å². The Balaban J connectivity index is 1.12. The van der Waals surface area contributed by atoms with Crippen molar-refractivity contribution in [2.45, 2.75) is 0 Å². The van der Waals surface area contributed by atoms with Crippen molar-refractivity contribution in [3.8, 4) is 0 Å². The topological polar surface area (TPSA) is 60.0 Å². The zero-order valence-corrected chi connectivity index (χ0v) is 23.7. The number of pyridine rings is 1. The van der Waals surface area contributed by atoms with Gasteiger partial charge in [0.2, 0.25) is 0 Å². The molecule has 1 amide bonds. The summed E-state index contributed by atoms with van der Waals surface area (Å²) in [6.07, 6.45) is 3.53. The summed E-state index contributed by atoms with van der Waals surface area (Å²) in [5.41, 5.74) is 4.02. The highest BCUT2D eigenvalue weighted by Crippen LogP contribution is 2.26. The van der Waals surface area contributed by atoms with E-state index >= 15 is 0 Å². The van der Waals surface area contributed by atoms with E-state index in [1.807, 2.05) is 54.6 Å². The second-order valence-corrected chi connectivity index (χ2v) is 10.9. The van der Waals surface area contributed by atoms with Gasteiger partial charge in [0.05, 0.1) is 5.52 Å². The summed E-state index contributed by atoms with van der Waals surface area (Å²) in [4.78, 5) is 39.5. The average molecular weight is 564 g/mol. The molecule has 4 aromatic rings. The minimum absolute atomic E-state index is 0.0613. The van der Waals surface area contributed by atoms with Crippen molar-refractivity contribution in [1.29, 1.82) is 0 Å². The van der Waals surface area contributed by atoms with Crippen LogP contribution in [0.3, 0.4) is 0 Å². The van der Waals surface area contributed by atoms with E-state index in [1.54, 1.807) is 11.0 Å². The highest BCUT2D eigenvalue weighted by molar-refractivity contribution is 6.07. The first-order chi connectivity index (χ1) is 20.4. The lowest BCUT2D eigenvalue weighted by molar-refractivity contribution is 0.0746. The number of ketones is 1. The van der Waals surface area contributed by atoms with Crippen molar-refractivity contribution < 1.29 is 14.0 Å². The Morgan fingerprint density at radius 3 is 2.12 bits per heavy atom. The molecule has 2 saturated heterocycles. The first-order valence-corrected chi connectivity index (χ1v) is 14.4. The summed E-state index contributed by atoms with van der Waals surface area (Å²) in [7, 11) is 2.13. The molecule has 0 spiro atoms. The van der Waals surface area contributed by atoms with Crippen LogP contribution in [0.4, 0.5) is 15.9 Å². The van der Waals surface area contributed by atoms with Crippen molar-refractivity contribution in [1.82, 2.24) is 14.8 Å². The Morgan fingerprint density at radius 1 is 0.762 bits per heavy atom. The number of benzene rings is 3. The van der Waals surface area contributed by atoms with Crippen molar-refractivity contribution in [3.63, 3.8) is 0 Å². The summed E-state index contributed by atoms with van der Waals surface area (Å²) >= 11 is 0. The van der Waals surface area contributed by atoms with Gasteiger partial charge in [-0.1, -0.05) is 18.2 Å². The van der Waals surface area contributed by atoms with Crippen LogP contribution in [0.1, 0.15) is 26.3 Å². The maximum atomic E-state index is 13.2. The van der Waals surface area contributed by atoms with Crippen LogP contribution in [-0.2, 0) is 0 Å². The number of hydrogen-bond donors (Lipinski definition) is 0. The molecule has 214 valence electrons. The molecule has 1 aromatic heterocycles. The van der Waals surface area contributed by atoms with Crippen molar-refractivity contribution in [2.24, 2.45) is 0 Å². The zero-order chi connectivity index (χ0) is 29.1. The Kier molecular flexibility index (Phi) is 7.97. The third-order valence-electron chi connectivity index (χ3n) is 8.12. The van der Waals surface area contributed by atoms with Gasteiger partial charge in [-0.25, -0.2) is 9.37 Å². The number of carbonyl (C=O) groups is 2. The Bertz CT molecular complexity index is 1600. The fraction of sp³-hybridized carbons (Fsp3) is 0.265. The number of fused-ring (bicyclic) bond motifs is 1. The molecule has 2 aliphatic heterocycles. The van der Waals surface area contributed by atoms with Gasteiger partial charge in [0, 0.05) is 80.1 Å². The van der Waals surface area contributed by atoms with E-state index in [9.17, 15) is 14.0 Å². The maximum absolute atomic E-state index is 13.2. The van der Waals surface area contributed by atoms with Crippen LogP contribution in [0, 0.1) is 5.82 Å². The largest absolute Gasteiger partial charge is 0.368 e. The van der Waals surface area contributed by atoms with Gasteiger partial charge < -0.3 is 19.6 Å². The molecule has 0 radical (unpaired) electrons. The SMILES string of the molecule is CN1CCN(c2nc3ccccc3cc2/C=C/C(=O)c2ccc(N3CCN(C(=O)c4ccc(F)cc4)CC3)cc2)CC1. The third-order valence-corrected chi connectivity index (χ3v) is 8.12. The van der Waals surface area contributed by atoms with Crippen LogP contribution >= 0.6 is 0 Å². The minimum atomic E-state index is -0.352. The molecule has 3 aromatic carbocycles. The molecular weight excluding hydrogens is 529 g/mol. The first-order valence-electron chi connectivity index (χ1n) is 14.4. The molecule has 0 bridgehead atoms. The van der Waals surface area contributed by atoms with E-state index < -0.39 is 0 Å². The highest BCUT2D eigenvalue weighted by atomic mass is 19.1. The third kappa shape index (κ3) is 6.04. The Hall–Kier alpha value is -4.56. The summed E-state index contributed by atoms with van der Waals surface area (Å²) < 4.78 is 13.2. The highest BCUT2D eigenvalue weighted by Gasteiger charge is 2.23. The molecular formula is C34H34FN5O2. The number of aromatic nitrogens is 1. The number of halogens is 1. The predicted molar refractivity (Wildman–Crippen MR) is 166 cm³/mol. The van der Waals surface area contributed by atoms with Gasteiger partial charge in [-0.3, -0.25) is 9.59 Å². The molecule has 42 heavy (non-hydrogen) atoms. The van der Waals surface area contributed by atoms with E-state index in [2.05, 4.69) is 27.8 Å². The number of rotatable bonds is 6. The second-order valence-electron chi connectivity index (χ2n) is 10.9. The van der Waals surface area contributed by atoms with E-state index in [-0.39, 0.29) is 17.5 Å². The summed E-state index contributed by atoms with van der Waals surface area (Å²) in [6, 6.07) is 23.5. The van der Waals surface area contributed by atoms with Gasteiger partial charge in [0.1, 0.15) is 11.6 Å². The quantitative estimate of drug-likeness (QED) is 0.244. The molecule has 2 aliphatic rings. The molecule has 6 rings (SSSR count). The van der Waals surface area contributed by atoms with E-state index in [0.717, 1.165) is 54.2 Å². The summed E-state index contributed by atoms with van der Waals surface area (Å²) in [5.74, 6) is 0.418. The maximum Gasteiger partial charge on any atom is 0.253 e. The second kappa shape index (κ2) is 12.1. The van der Waals surface area contributed by atoms with Crippen LogP contribution in [0.2, 0.25) is 0 Å². The number of anilines is 2. The van der Waals surface area contributed by atoms with Crippen molar-refractivity contribution >= 4 is 40.2 Å². The smallest absolute Gasteiger partial charge is 0.253 e. The fourth-order valence-corrected chi connectivity index (χ4v) is 5.56. The number of carbonyl (C=O) groups excluding carboxylic acids is 2. The molecule has 0 N–H and O–H groups in total. The monoisotopic (exact) mass is 563 g/mol. The van der Waals surface area contributed by atoms with E-state index in [0.29, 0.717) is 37.3 Å². The lowest BCUT2D eigenvalue weighted by Gasteiger charge is -2.36. The van der Waals surface area contributed by atoms with Crippen LogP contribution < -0.4 is 9.80 Å². The number of likely N-dealkylation sites (N-methyl/N-ethyl adjacent to an activating group) is 1. The molecule has 7 nitrogen and oxygen atoms in total. The van der Waals surface area contributed by atoms with Crippen LogP contribution in [0.25, 0.3) is 17.0 Å². The predicted octanol–water partition coefficient (Wildman–Crippen LogP) is 4.98. The number of piperazine rings is 2. The van der Waals surface area contributed by atoms with Gasteiger partial charge in [-0.05, 0) is 79.9 Å². The van der Waals surface area contributed by atoms with E-state index in [4.69, 9.17) is 4.98 Å². The van der Waals surface area contributed by atoms with Crippen LogP contribution in [0.15, 0.2) is 84.9 Å². The lowest BCUT2D eigenvalue weighted by atomic mass is 10.1. The van der Waals surface area contributed by atoms with Crippen molar-refractivity contribution in [2.75, 3.05) is 69.2 Å². The fourth-order valence-electron chi connectivity index (χ4n) is 5.56. The molecule has 0 saturated carbocycles. The minimum Gasteiger partial charge on any atom is -0.368 e. The molecule has 8 heteroatoms. The van der Waals surface area contributed by atoms with Crippen LogP contribution in [-0.4, -0.2) is 85.9 Å². The molecule has 0 aliphatic carbocycles. The van der Waals surface area contributed by atoms with Gasteiger partial charge in [-0.2, -0.15) is 0 Å². The Morgan fingerprint density at radius 2 is 1.40 bits per heavy atom. The van der Waals surface area contributed by atoms with Crippen molar-refractivity contribution in [3.05, 3.63) is 107 Å². The van der Waals surface area contributed by atoms with Gasteiger partial charge >= 0.3 is 0 Å². The zero-order valence-electron chi connectivity index (χ0n) is 23.7. The number of para-hydroxylation sites is 1. The van der Waals surface area contributed by atoms with Gasteiger partial charge in [0.15, 0.2) is 5.78 Å². The molecule has 2 fully saturated rings. The number of nitrogens with zero attached hydrogens (tertiary/aromatic N) is 5. The lowest BCUT2D eigenvalue weighted by Crippen LogP contribution is -2.48. The number of allylic oxidation sites excluding steroid dienone is 1. The Labute approximate surface area is 245 Å². The van der Waals surface area contributed by atoms with Crippen LogP contribution in [0.5, 0.6) is 0 Å².